The number of rotatable bonds is 4. The van der Waals surface area contributed by atoms with Crippen LogP contribution >= 0.6 is 11.3 Å². The average Bonchev–Trinajstić information content (AvgIpc) is 2.83. The monoisotopic (exact) mass is 276 g/mol. The van der Waals surface area contributed by atoms with Crippen molar-refractivity contribution in [3.05, 3.63) is 40.9 Å². The van der Waals surface area contributed by atoms with Crippen molar-refractivity contribution in [1.82, 2.24) is 4.98 Å². The third-order valence-corrected chi connectivity index (χ3v) is 3.05. The Morgan fingerprint density at radius 2 is 2.11 bits per heavy atom. The topological polar surface area (TPSA) is 101 Å². The summed E-state index contributed by atoms with van der Waals surface area (Å²) in [5, 5.41) is 15.3. The smallest absolute Gasteiger partial charge is 0.335 e. The number of anilines is 2. The van der Waals surface area contributed by atoms with Crippen molar-refractivity contribution in [2.75, 3.05) is 11.2 Å². The molecule has 19 heavy (non-hydrogen) atoms. The van der Waals surface area contributed by atoms with E-state index in [0.717, 1.165) is 5.69 Å². The van der Waals surface area contributed by atoms with Crippen LogP contribution in [0.2, 0.25) is 0 Å². The molecule has 2 aromatic rings. The number of hydrazone groups is 1. The molecule has 0 amide bonds. The van der Waals surface area contributed by atoms with Crippen molar-refractivity contribution in [1.29, 1.82) is 0 Å². The molecule has 0 spiro atoms. The van der Waals surface area contributed by atoms with Gasteiger partial charge in [0.05, 0.1) is 22.7 Å². The van der Waals surface area contributed by atoms with E-state index in [4.69, 9.17) is 10.8 Å². The second-order valence-electron chi connectivity index (χ2n) is 3.76. The fourth-order valence-electron chi connectivity index (χ4n) is 1.35. The Balaban J connectivity index is 2.07. The molecule has 2 rings (SSSR count). The molecule has 0 unspecified atom stereocenters. The standard InChI is InChI=1S/C12H12N4O2S/c1-7(10-6-19-12(13)14-10)15-16-9-4-2-8(3-5-9)11(17)18/h2-6,16H,1H3,(H2,13,14)(H,17,18). The van der Waals surface area contributed by atoms with Gasteiger partial charge < -0.3 is 10.8 Å². The minimum absolute atomic E-state index is 0.235. The third kappa shape index (κ3) is 3.29. The van der Waals surface area contributed by atoms with E-state index in [1.165, 1.54) is 23.5 Å². The highest BCUT2D eigenvalue weighted by Gasteiger charge is 2.03. The molecule has 0 aliphatic carbocycles. The van der Waals surface area contributed by atoms with Gasteiger partial charge in [-0.15, -0.1) is 11.3 Å². The van der Waals surface area contributed by atoms with Crippen LogP contribution in [-0.4, -0.2) is 21.8 Å². The molecule has 0 saturated heterocycles. The molecule has 4 N–H and O–H groups in total. The van der Waals surface area contributed by atoms with Crippen LogP contribution in [0, 0.1) is 0 Å². The predicted octanol–water partition coefficient (Wildman–Crippen LogP) is 2.26. The molecule has 1 aromatic carbocycles. The maximum Gasteiger partial charge on any atom is 0.335 e. The molecule has 0 bridgehead atoms. The summed E-state index contributed by atoms with van der Waals surface area (Å²) in [6.45, 7) is 1.81. The van der Waals surface area contributed by atoms with Crippen LogP contribution in [-0.2, 0) is 0 Å². The summed E-state index contributed by atoms with van der Waals surface area (Å²) in [5.74, 6) is -0.954. The molecule has 0 fully saturated rings. The van der Waals surface area contributed by atoms with Crippen molar-refractivity contribution < 1.29 is 9.90 Å². The van der Waals surface area contributed by atoms with Crippen LogP contribution < -0.4 is 11.2 Å². The molecule has 0 aliphatic heterocycles. The average molecular weight is 276 g/mol. The second-order valence-corrected chi connectivity index (χ2v) is 4.65. The number of aromatic nitrogens is 1. The van der Waals surface area contributed by atoms with E-state index in [2.05, 4.69) is 15.5 Å². The highest BCUT2D eigenvalue weighted by molar-refractivity contribution is 7.13. The number of nitrogens with two attached hydrogens (primary N) is 1. The second kappa shape index (κ2) is 5.49. The fraction of sp³-hybridized carbons (Fsp3) is 0.0833. The zero-order chi connectivity index (χ0) is 13.8. The van der Waals surface area contributed by atoms with E-state index in [9.17, 15) is 4.79 Å². The summed E-state index contributed by atoms with van der Waals surface area (Å²) in [5.41, 5.74) is 10.7. The summed E-state index contributed by atoms with van der Waals surface area (Å²) in [4.78, 5) is 14.8. The Labute approximate surface area is 113 Å². The van der Waals surface area contributed by atoms with Gasteiger partial charge in [0.1, 0.15) is 0 Å². The number of aromatic carboxylic acids is 1. The SMILES string of the molecule is CC(=NNc1ccc(C(=O)O)cc1)c1csc(N)n1. The summed E-state index contributed by atoms with van der Waals surface area (Å²) in [6.07, 6.45) is 0. The first-order chi connectivity index (χ1) is 9.06. The number of thiazole rings is 1. The number of hydrogen-bond acceptors (Lipinski definition) is 6. The van der Waals surface area contributed by atoms with E-state index < -0.39 is 5.97 Å². The van der Waals surface area contributed by atoms with Crippen molar-refractivity contribution in [2.45, 2.75) is 6.92 Å². The first kappa shape index (κ1) is 13.0. The van der Waals surface area contributed by atoms with Gasteiger partial charge in [-0.05, 0) is 31.2 Å². The molecular weight excluding hydrogens is 264 g/mol. The fourth-order valence-corrected chi connectivity index (χ4v) is 1.95. The molecule has 98 valence electrons. The van der Waals surface area contributed by atoms with E-state index in [1.807, 2.05) is 12.3 Å². The van der Waals surface area contributed by atoms with Crippen LogP contribution in [0.15, 0.2) is 34.7 Å². The van der Waals surface area contributed by atoms with Gasteiger partial charge in [0.25, 0.3) is 0 Å². The van der Waals surface area contributed by atoms with Crippen molar-refractivity contribution in [3.8, 4) is 0 Å². The Bertz CT molecular complexity index is 619. The highest BCUT2D eigenvalue weighted by Crippen LogP contribution is 2.13. The Morgan fingerprint density at radius 1 is 1.42 bits per heavy atom. The summed E-state index contributed by atoms with van der Waals surface area (Å²) in [6, 6.07) is 6.32. The normalized spacial score (nSPS) is 11.3. The van der Waals surface area contributed by atoms with E-state index >= 15 is 0 Å². The summed E-state index contributed by atoms with van der Waals surface area (Å²) >= 11 is 1.35. The van der Waals surface area contributed by atoms with Gasteiger partial charge in [0, 0.05) is 5.38 Å². The molecule has 0 aliphatic rings. The Hall–Kier alpha value is -2.41. The van der Waals surface area contributed by atoms with Gasteiger partial charge in [-0.1, -0.05) is 0 Å². The summed E-state index contributed by atoms with van der Waals surface area (Å²) < 4.78 is 0. The number of carboxylic acids is 1. The van der Waals surface area contributed by atoms with Crippen LogP contribution in [0.3, 0.4) is 0 Å². The molecule has 7 heteroatoms. The van der Waals surface area contributed by atoms with Gasteiger partial charge >= 0.3 is 5.97 Å². The number of nitrogen functional groups attached to an aromatic ring is 1. The Kier molecular flexibility index (Phi) is 3.76. The zero-order valence-corrected chi connectivity index (χ0v) is 10.9. The van der Waals surface area contributed by atoms with Gasteiger partial charge in [-0.3, -0.25) is 5.43 Å². The quantitative estimate of drug-likeness (QED) is 0.587. The molecular formula is C12H12N4O2S. The molecule has 6 nitrogen and oxygen atoms in total. The van der Waals surface area contributed by atoms with Crippen molar-refractivity contribution in [3.63, 3.8) is 0 Å². The lowest BCUT2D eigenvalue weighted by atomic mass is 10.2. The lowest BCUT2D eigenvalue weighted by molar-refractivity contribution is 0.0697. The molecule has 0 atom stereocenters. The number of nitrogens with one attached hydrogen (secondary N) is 1. The van der Waals surface area contributed by atoms with Crippen LogP contribution in [0.4, 0.5) is 10.8 Å². The van der Waals surface area contributed by atoms with Crippen LogP contribution in [0.5, 0.6) is 0 Å². The molecule has 0 saturated carbocycles. The number of hydrogen-bond donors (Lipinski definition) is 3. The van der Waals surface area contributed by atoms with Crippen LogP contribution in [0.1, 0.15) is 23.0 Å². The zero-order valence-electron chi connectivity index (χ0n) is 10.1. The van der Waals surface area contributed by atoms with Gasteiger partial charge in [-0.2, -0.15) is 5.10 Å². The third-order valence-electron chi connectivity index (χ3n) is 2.38. The first-order valence-electron chi connectivity index (χ1n) is 5.41. The molecule has 1 aromatic heterocycles. The first-order valence-corrected chi connectivity index (χ1v) is 6.29. The summed E-state index contributed by atoms with van der Waals surface area (Å²) in [7, 11) is 0. The molecule has 0 radical (unpaired) electrons. The largest absolute Gasteiger partial charge is 0.478 e. The number of carbonyl (C=O) groups is 1. The lowest BCUT2D eigenvalue weighted by Gasteiger charge is -2.02. The maximum atomic E-state index is 10.7. The minimum Gasteiger partial charge on any atom is -0.478 e. The van der Waals surface area contributed by atoms with Crippen molar-refractivity contribution >= 4 is 33.8 Å². The van der Waals surface area contributed by atoms with Gasteiger partial charge in [-0.25, -0.2) is 9.78 Å². The van der Waals surface area contributed by atoms with Crippen LogP contribution in [0.25, 0.3) is 0 Å². The Morgan fingerprint density at radius 3 is 2.63 bits per heavy atom. The number of carboxylic acid groups (broad SMARTS) is 1. The number of benzene rings is 1. The number of nitrogens with zero attached hydrogens (tertiary/aromatic N) is 2. The maximum absolute atomic E-state index is 10.7. The lowest BCUT2D eigenvalue weighted by Crippen LogP contribution is -2.01. The van der Waals surface area contributed by atoms with Gasteiger partial charge in [0.2, 0.25) is 0 Å². The van der Waals surface area contributed by atoms with Crippen molar-refractivity contribution in [2.24, 2.45) is 5.10 Å². The van der Waals surface area contributed by atoms with E-state index in [1.54, 1.807) is 12.1 Å². The molecule has 1 heterocycles. The van der Waals surface area contributed by atoms with E-state index in [-0.39, 0.29) is 5.56 Å². The predicted molar refractivity (Wildman–Crippen MR) is 75.8 cm³/mol. The van der Waals surface area contributed by atoms with E-state index in [0.29, 0.717) is 16.5 Å². The highest BCUT2D eigenvalue weighted by atomic mass is 32.1. The minimum atomic E-state index is -0.954. The van der Waals surface area contributed by atoms with Gasteiger partial charge in [0.15, 0.2) is 5.13 Å².